The number of amides is 1. The van der Waals surface area contributed by atoms with E-state index < -0.39 is 10.0 Å². The minimum absolute atomic E-state index is 0.000893. The summed E-state index contributed by atoms with van der Waals surface area (Å²) in [6, 6.07) is 13.8. The Bertz CT molecular complexity index is 927. The Kier molecular flexibility index (Phi) is 6.11. The highest BCUT2D eigenvalue weighted by Crippen LogP contribution is 2.31. The number of carbonyl (C=O) groups excluding carboxylic acids is 1. The highest BCUT2D eigenvalue weighted by Gasteiger charge is 2.34. The lowest BCUT2D eigenvalue weighted by molar-refractivity contribution is -0.123. The Balaban J connectivity index is 1.70. The number of anilines is 1. The Morgan fingerprint density at radius 2 is 1.70 bits per heavy atom. The number of piperidine rings is 1. The highest BCUT2D eigenvalue weighted by molar-refractivity contribution is 7.89. The van der Waals surface area contributed by atoms with Gasteiger partial charge in [-0.1, -0.05) is 41.4 Å². The van der Waals surface area contributed by atoms with Gasteiger partial charge in [-0.05, 0) is 43.2 Å². The van der Waals surface area contributed by atoms with E-state index in [1.54, 1.807) is 18.0 Å². The molecule has 0 aromatic heterocycles. The lowest BCUT2D eigenvalue weighted by Crippen LogP contribution is -2.43. The molecular formula is C19H20Cl2N2O3S. The van der Waals surface area contributed by atoms with E-state index in [4.69, 9.17) is 23.2 Å². The fraction of sp³-hybridized carbons (Fsp3) is 0.316. The number of rotatable bonds is 4. The number of hydrogen-bond acceptors (Lipinski definition) is 3. The first kappa shape index (κ1) is 20.1. The number of para-hydroxylation sites is 1. The van der Waals surface area contributed by atoms with Crippen LogP contribution in [0.1, 0.15) is 12.8 Å². The minimum atomic E-state index is -3.74. The normalized spacial score (nSPS) is 16.3. The van der Waals surface area contributed by atoms with Gasteiger partial charge in [-0.3, -0.25) is 4.79 Å². The zero-order chi connectivity index (χ0) is 19.6. The second-order valence-corrected chi connectivity index (χ2v) is 9.24. The maximum atomic E-state index is 12.9. The van der Waals surface area contributed by atoms with E-state index in [2.05, 4.69) is 0 Å². The fourth-order valence-corrected chi connectivity index (χ4v) is 5.42. The quantitative estimate of drug-likeness (QED) is 0.740. The molecule has 0 aliphatic carbocycles. The number of nitrogens with zero attached hydrogens (tertiary/aromatic N) is 2. The van der Waals surface area contributed by atoms with Crippen LogP contribution in [0.3, 0.4) is 0 Å². The van der Waals surface area contributed by atoms with Crippen LogP contribution >= 0.6 is 23.2 Å². The number of sulfonamides is 1. The van der Waals surface area contributed by atoms with Crippen LogP contribution in [-0.2, 0) is 14.8 Å². The molecular weight excluding hydrogens is 407 g/mol. The van der Waals surface area contributed by atoms with Crippen LogP contribution in [0.4, 0.5) is 5.69 Å². The van der Waals surface area contributed by atoms with Gasteiger partial charge in [-0.25, -0.2) is 8.42 Å². The van der Waals surface area contributed by atoms with Crippen LogP contribution in [-0.4, -0.2) is 38.8 Å². The number of carbonyl (C=O) groups is 1. The largest absolute Gasteiger partial charge is 0.315 e. The monoisotopic (exact) mass is 426 g/mol. The van der Waals surface area contributed by atoms with Crippen molar-refractivity contribution in [3.05, 3.63) is 58.6 Å². The van der Waals surface area contributed by atoms with Crippen LogP contribution < -0.4 is 4.90 Å². The summed E-state index contributed by atoms with van der Waals surface area (Å²) >= 11 is 12.0. The Labute approximate surface area is 169 Å². The average Bonchev–Trinajstić information content (AvgIpc) is 2.69. The van der Waals surface area contributed by atoms with Crippen LogP contribution in [0.5, 0.6) is 0 Å². The molecule has 2 aromatic rings. The number of hydrogen-bond donors (Lipinski definition) is 0. The van der Waals surface area contributed by atoms with Crippen LogP contribution in [0, 0.1) is 5.92 Å². The van der Waals surface area contributed by atoms with Crippen molar-refractivity contribution in [1.82, 2.24) is 4.31 Å². The molecule has 1 heterocycles. The van der Waals surface area contributed by atoms with Gasteiger partial charge in [-0.2, -0.15) is 4.31 Å². The van der Waals surface area contributed by atoms with Gasteiger partial charge >= 0.3 is 0 Å². The average molecular weight is 427 g/mol. The lowest BCUT2D eigenvalue weighted by atomic mass is 9.96. The van der Waals surface area contributed by atoms with Gasteiger partial charge in [0.2, 0.25) is 15.9 Å². The van der Waals surface area contributed by atoms with Gasteiger partial charge in [0.05, 0.1) is 5.02 Å². The molecule has 0 bridgehead atoms. The Morgan fingerprint density at radius 1 is 1.07 bits per heavy atom. The minimum Gasteiger partial charge on any atom is -0.315 e. The molecule has 2 aromatic carbocycles. The van der Waals surface area contributed by atoms with Crippen LogP contribution in [0.2, 0.25) is 10.0 Å². The summed E-state index contributed by atoms with van der Waals surface area (Å²) < 4.78 is 27.1. The van der Waals surface area contributed by atoms with Gasteiger partial charge in [0, 0.05) is 36.8 Å². The van der Waals surface area contributed by atoms with Crippen molar-refractivity contribution < 1.29 is 13.2 Å². The molecule has 5 nitrogen and oxygen atoms in total. The van der Waals surface area contributed by atoms with Gasteiger partial charge in [0.25, 0.3) is 0 Å². The summed E-state index contributed by atoms with van der Waals surface area (Å²) in [5.74, 6) is -0.212. The molecule has 1 saturated heterocycles. The first-order valence-electron chi connectivity index (χ1n) is 8.58. The molecule has 0 spiro atoms. The third-order valence-corrected chi connectivity index (χ3v) is 7.40. The second kappa shape index (κ2) is 8.19. The number of benzene rings is 2. The second-order valence-electron chi connectivity index (χ2n) is 6.49. The van der Waals surface area contributed by atoms with Gasteiger partial charge in [0.1, 0.15) is 4.90 Å². The van der Waals surface area contributed by atoms with Gasteiger partial charge < -0.3 is 4.90 Å². The molecule has 0 radical (unpaired) electrons. The predicted molar refractivity (Wildman–Crippen MR) is 108 cm³/mol. The van der Waals surface area contributed by atoms with E-state index in [9.17, 15) is 13.2 Å². The number of halogens is 2. The van der Waals surface area contributed by atoms with E-state index in [-0.39, 0.29) is 34.8 Å². The zero-order valence-corrected chi connectivity index (χ0v) is 17.1. The van der Waals surface area contributed by atoms with Crippen molar-refractivity contribution in [2.75, 3.05) is 25.0 Å². The van der Waals surface area contributed by atoms with E-state index in [1.165, 1.54) is 16.4 Å². The summed E-state index contributed by atoms with van der Waals surface area (Å²) in [4.78, 5) is 14.4. The first-order chi connectivity index (χ1) is 12.8. The summed E-state index contributed by atoms with van der Waals surface area (Å²) in [5.41, 5.74) is 0.822. The van der Waals surface area contributed by atoms with Gasteiger partial charge in [-0.15, -0.1) is 0 Å². The standard InChI is InChI=1S/C19H20Cl2N2O3S/c1-22(16-5-3-2-4-6-16)19(24)14-9-11-23(12-10-14)27(25,26)18-13-15(20)7-8-17(18)21/h2-8,13-14H,9-12H2,1H3. The van der Waals surface area contributed by atoms with E-state index >= 15 is 0 Å². The molecule has 3 rings (SSSR count). The molecule has 1 aliphatic heterocycles. The molecule has 27 heavy (non-hydrogen) atoms. The maximum Gasteiger partial charge on any atom is 0.244 e. The maximum absolute atomic E-state index is 12.9. The summed E-state index contributed by atoms with van der Waals surface area (Å²) in [6.07, 6.45) is 0.931. The predicted octanol–water partition coefficient (Wildman–Crippen LogP) is 4.06. The fourth-order valence-electron chi connectivity index (χ4n) is 3.21. The van der Waals surface area contributed by atoms with Crippen molar-refractivity contribution in [1.29, 1.82) is 0 Å². The third kappa shape index (κ3) is 4.29. The topological polar surface area (TPSA) is 57.7 Å². The van der Waals surface area contributed by atoms with E-state index in [0.29, 0.717) is 17.9 Å². The Morgan fingerprint density at radius 3 is 2.33 bits per heavy atom. The van der Waals surface area contributed by atoms with Gasteiger partial charge in [0.15, 0.2) is 0 Å². The molecule has 0 saturated carbocycles. The molecule has 144 valence electrons. The smallest absolute Gasteiger partial charge is 0.244 e. The van der Waals surface area contributed by atoms with Crippen molar-refractivity contribution in [3.8, 4) is 0 Å². The molecule has 1 fully saturated rings. The molecule has 0 N–H and O–H groups in total. The van der Waals surface area contributed by atoms with Crippen molar-refractivity contribution in [3.63, 3.8) is 0 Å². The Hall–Kier alpha value is -1.60. The zero-order valence-electron chi connectivity index (χ0n) is 14.8. The van der Waals surface area contributed by atoms with Crippen LogP contribution in [0.25, 0.3) is 0 Å². The molecule has 1 aliphatic rings. The van der Waals surface area contributed by atoms with E-state index in [0.717, 1.165) is 5.69 Å². The third-order valence-electron chi connectivity index (χ3n) is 4.79. The van der Waals surface area contributed by atoms with Crippen LogP contribution in [0.15, 0.2) is 53.4 Å². The molecule has 0 atom stereocenters. The summed E-state index contributed by atoms with van der Waals surface area (Å²) in [6.45, 7) is 0.536. The highest BCUT2D eigenvalue weighted by atomic mass is 35.5. The summed E-state index contributed by atoms with van der Waals surface area (Å²) in [5, 5.41) is 0.453. The summed E-state index contributed by atoms with van der Waals surface area (Å²) in [7, 11) is -2.00. The van der Waals surface area contributed by atoms with E-state index in [1.807, 2.05) is 30.3 Å². The van der Waals surface area contributed by atoms with Crippen molar-refractivity contribution >= 4 is 44.8 Å². The molecule has 0 unspecified atom stereocenters. The molecule has 1 amide bonds. The first-order valence-corrected chi connectivity index (χ1v) is 10.8. The SMILES string of the molecule is CN(C(=O)C1CCN(S(=O)(=O)c2cc(Cl)ccc2Cl)CC1)c1ccccc1. The molecule has 8 heteroatoms. The van der Waals surface area contributed by atoms with Crippen molar-refractivity contribution in [2.24, 2.45) is 5.92 Å². The van der Waals surface area contributed by atoms with Crippen molar-refractivity contribution in [2.45, 2.75) is 17.7 Å². The lowest BCUT2D eigenvalue weighted by Gasteiger charge is -2.32.